The van der Waals surface area contributed by atoms with Crippen molar-refractivity contribution in [2.45, 2.75) is 38.1 Å². The van der Waals surface area contributed by atoms with Gasteiger partial charge in [0.1, 0.15) is 36.3 Å². The summed E-state index contributed by atoms with van der Waals surface area (Å²) in [7, 11) is 1.43. The minimum Gasteiger partial charge on any atom is -0.494 e. The number of carboxylic acids is 1. The Morgan fingerprint density at radius 2 is 1.95 bits per heavy atom. The van der Waals surface area contributed by atoms with Crippen molar-refractivity contribution >= 4 is 17.6 Å². The van der Waals surface area contributed by atoms with Crippen molar-refractivity contribution in [2.75, 3.05) is 13.7 Å². The number of aliphatic hydroxyl groups excluding tert-OH is 1. The first-order valence-electron chi connectivity index (χ1n) is 13.8. The van der Waals surface area contributed by atoms with E-state index in [-0.39, 0.29) is 30.0 Å². The van der Waals surface area contributed by atoms with Crippen molar-refractivity contribution in [1.29, 1.82) is 5.26 Å². The zero-order chi connectivity index (χ0) is 31.2. The van der Waals surface area contributed by atoms with E-state index in [9.17, 15) is 20.3 Å². The maximum absolute atomic E-state index is 15.2. The lowest BCUT2D eigenvalue weighted by molar-refractivity contribution is -0.140. The number of methoxy groups -OCH3 is 1. The lowest BCUT2D eigenvalue weighted by Crippen LogP contribution is -2.39. The Morgan fingerprint density at radius 1 is 1.16 bits per heavy atom. The number of nitriles is 1. The van der Waals surface area contributed by atoms with Gasteiger partial charge in [0.25, 0.3) is 0 Å². The third-order valence-corrected chi connectivity index (χ3v) is 7.71. The molecule has 44 heavy (non-hydrogen) atoms. The van der Waals surface area contributed by atoms with E-state index in [1.165, 1.54) is 13.3 Å². The van der Waals surface area contributed by atoms with E-state index in [0.717, 1.165) is 16.7 Å². The van der Waals surface area contributed by atoms with Crippen LogP contribution in [-0.2, 0) is 24.4 Å². The zero-order valence-electron chi connectivity index (χ0n) is 23.7. The Labute approximate surface area is 258 Å². The highest BCUT2D eigenvalue weighted by Crippen LogP contribution is 2.43. The molecule has 0 spiro atoms. The van der Waals surface area contributed by atoms with Crippen LogP contribution in [0.25, 0.3) is 11.1 Å². The van der Waals surface area contributed by atoms with E-state index in [0.29, 0.717) is 46.6 Å². The highest BCUT2D eigenvalue weighted by atomic mass is 35.5. The maximum atomic E-state index is 15.2. The smallest absolute Gasteiger partial charge is 0.323 e. The quantitative estimate of drug-likeness (QED) is 0.186. The van der Waals surface area contributed by atoms with Gasteiger partial charge in [0.2, 0.25) is 0 Å². The van der Waals surface area contributed by atoms with Gasteiger partial charge in [-0.2, -0.15) is 5.26 Å². The number of ether oxygens (including phenoxy) is 3. The minimum atomic E-state index is -1.20. The van der Waals surface area contributed by atoms with Gasteiger partial charge < -0.3 is 24.4 Å². The SMILES string of the molecule is COc1cccc(-c2cccc3c2CC[C@@H]3Oc2cc(OCc3cncc(C#N)c3)c(CN[C@@H](CO)C(=O)O)cc2Cl)c1F. The van der Waals surface area contributed by atoms with Crippen molar-refractivity contribution in [2.24, 2.45) is 0 Å². The fourth-order valence-corrected chi connectivity index (χ4v) is 5.44. The Kier molecular flexibility index (Phi) is 9.60. The number of rotatable bonds is 12. The molecule has 0 unspecified atom stereocenters. The van der Waals surface area contributed by atoms with Crippen LogP contribution < -0.4 is 19.5 Å². The minimum absolute atomic E-state index is 0.0328. The first-order chi connectivity index (χ1) is 21.3. The molecule has 0 aliphatic heterocycles. The van der Waals surface area contributed by atoms with Crippen molar-refractivity contribution in [1.82, 2.24) is 10.3 Å². The van der Waals surface area contributed by atoms with Crippen LogP contribution in [0, 0.1) is 17.1 Å². The topological polar surface area (TPSA) is 134 Å². The van der Waals surface area contributed by atoms with Crippen LogP contribution in [0.4, 0.5) is 4.39 Å². The van der Waals surface area contributed by atoms with Crippen LogP contribution in [0.5, 0.6) is 17.2 Å². The third-order valence-electron chi connectivity index (χ3n) is 7.41. The van der Waals surface area contributed by atoms with Gasteiger partial charge in [0.05, 0.1) is 24.3 Å². The average Bonchev–Trinajstić information content (AvgIpc) is 3.44. The van der Waals surface area contributed by atoms with Gasteiger partial charge in [-0.3, -0.25) is 15.1 Å². The molecule has 4 aromatic rings. The third kappa shape index (κ3) is 6.60. The summed E-state index contributed by atoms with van der Waals surface area (Å²) < 4.78 is 32.9. The predicted octanol–water partition coefficient (Wildman–Crippen LogP) is 5.60. The molecule has 0 fully saturated rings. The molecule has 0 saturated carbocycles. The van der Waals surface area contributed by atoms with Crippen LogP contribution in [-0.4, -0.2) is 40.9 Å². The molecule has 1 heterocycles. The normalized spacial score (nSPS) is 14.4. The van der Waals surface area contributed by atoms with E-state index < -0.39 is 24.4 Å². The molecule has 3 aromatic carbocycles. The fourth-order valence-electron chi connectivity index (χ4n) is 5.21. The van der Waals surface area contributed by atoms with Gasteiger partial charge in [-0.15, -0.1) is 0 Å². The van der Waals surface area contributed by atoms with Crippen LogP contribution in [0.1, 0.15) is 40.3 Å². The highest BCUT2D eigenvalue weighted by Gasteiger charge is 2.29. The lowest BCUT2D eigenvalue weighted by atomic mass is 9.96. The molecule has 0 amide bonds. The number of aliphatic carboxylic acids is 1. The zero-order valence-corrected chi connectivity index (χ0v) is 24.5. The van der Waals surface area contributed by atoms with Crippen molar-refractivity contribution < 1.29 is 33.6 Å². The summed E-state index contributed by atoms with van der Waals surface area (Å²) >= 11 is 6.67. The second kappa shape index (κ2) is 13.7. The second-order valence-corrected chi connectivity index (χ2v) is 10.6. The van der Waals surface area contributed by atoms with Gasteiger partial charge in [-0.25, -0.2) is 4.39 Å². The number of aliphatic hydroxyl groups is 1. The van der Waals surface area contributed by atoms with Crippen LogP contribution >= 0.6 is 11.6 Å². The predicted molar refractivity (Wildman–Crippen MR) is 160 cm³/mol. The molecule has 226 valence electrons. The number of fused-ring (bicyclic) bond motifs is 1. The number of nitrogens with zero attached hydrogens (tertiary/aromatic N) is 2. The molecular formula is C33H29ClFN3O6. The van der Waals surface area contributed by atoms with Gasteiger partial charge in [-0.05, 0) is 47.7 Å². The van der Waals surface area contributed by atoms with Crippen LogP contribution in [0.2, 0.25) is 5.02 Å². The second-order valence-electron chi connectivity index (χ2n) is 10.2. The van der Waals surface area contributed by atoms with Crippen LogP contribution in [0.3, 0.4) is 0 Å². The molecule has 0 bridgehead atoms. The highest BCUT2D eigenvalue weighted by molar-refractivity contribution is 6.32. The Morgan fingerprint density at radius 3 is 2.70 bits per heavy atom. The molecule has 1 aliphatic carbocycles. The van der Waals surface area contributed by atoms with Gasteiger partial charge in [0.15, 0.2) is 11.6 Å². The Bertz CT molecular complexity index is 1730. The number of pyridine rings is 1. The Balaban J connectivity index is 1.44. The van der Waals surface area contributed by atoms with Crippen molar-refractivity contribution in [3.05, 3.63) is 106 Å². The van der Waals surface area contributed by atoms with E-state index in [2.05, 4.69) is 10.3 Å². The summed E-state index contributed by atoms with van der Waals surface area (Å²) in [5, 5.41) is 31.0. The summed E-state index contributed by atoms with van der Waals surface area (Å²) in [4.78, 5) is 15.5. The van der Waals surface area contributed by atoms with E-state index in [1.54, 1.807) is 42.6 Å². The molecule has 1 aromatic heterocycles. The molecule has 1 aliphatic rings. The van der Waals surface area contributed by atoms with E-state index >= 15 is 4.39 Å². The Hall–Kier alpha value is -4.69. The standard InChI is InChI=1S/C33H29ClFN3O6/c1-42-29-7-3-6-25(32(29)35)22-4-2-5-24-23(22)8-9-28(24)44-31-12-30(43-18-20-10-19(13-36)14-37-15-20)21(11-26(31)34)16-38-27(17-39)33(40)41/h2-7,10-12,14-15,27-28,38-39H,8-9,16-18H2,1H3,(H,40,41)/t27-,28-/m0/s1. The molecule has 11 heteroatoms. The van der Waals surface area contributed by atoms with E-state index in [4.69, 9.17) is 25.8 Å². The van der Waals surface area contributed by atoms with Gasteiger partial charge >= 0.3 is 5.97 Å². The first-order valence-corrected chi connectivity index (χ1v) is 14.2. The fraction of sp³-hybridized carbons (Fsp3) is 0.242. The number of carbonyl (C=O) groups is 1. The van der Waals surface area contributed by atoms with Crippen LogP contribution in [0.15, 0.2) is 67.0 Å². The molecule has 0 saturated heterocycles. The molecule has 9 nitrogen and oxygen atoms in total. The number of halogens is 2. The summed E-state index contributed by atoms with van der Waals surface area (Å²) in [5.74, 6) is -0.741. The molecule has 5 rings (SSSR count). The summed E-state index contributed by atoms with van der Waals surface area (Å²) in [5.41, 5.74) is 4.69. The van der Waals surface area contributed by atoms with E-state index in [1.807, 2.05) is 24.3 Å². The monoisotopic (exact) mass is 617 g/mol. The number of aromatic nitrogens is 1. The van der Waals surface area contributed by atoms with Crippen molar-refractivity contribution in [3.63, 3.8) is 0 Å². The molecule has 3 N–H and O–H groups in total. The molecule has 2 atom stereocenters. The number of hydrogen-bond donors (Lipinski definition) is 3. The summed E-state index contributed by atoms with van der Waals surface area (Å²) in [6.45, 7) is -0.498. The van der Waals surface area contributed by atoms with Crippen molar-refractivity contribution in [3.8, 4) is 34.4 Å². The first kappa shape index (κ1) is 30.8. The number of carboxylic acid groups (broad SMARTS) is 1. The lowest BCUT2D eigenvalue weighted by Gasteiger charge is -2.20. The maximum Gasteiger partial charge on any atom is 0.323 e. The molecular weight excluding hydrogens is 589 g/mol. The summed E-state index contributed by atoms with van der Waals surface area (Å²) in [6, 6.07) is 16.5. The van der Waals surface area contributed by atoms with Gasteiger partial charge in [-0.1, -0.05) is 41.9 Å². The number of benzene rings is 3. The average molecular weight is 618 g/mol. The largest absolute Gasteiger partial charge is 0.494 e. The number of nitrogens with one attached hydrogen (secondary N) is 1. The molecule has 0 radical (unpaired) electrons. The number of hydrogen-bond acceptors (Lipinski definition) is 8. The summed E-state index contributed by atoms with van der Waals surface area (Å²) in [6.07, 6.45) is 3.96. The van der Waals surface area contributed by atoms with Gasteiger partial charge in [0, 0.05) is 41.7 Å².